The predicted octanol–water partition coefficient (Wildman–Crippen LogP) is 4.05. The van der Waals surface area contributed by atoms with Crippen LogP contribution in [0.25, 0.3) is 0 Å². The highest BCUT2D eigenvalue weighted by Gasteiger charge is 2.21. The summed E-state index contributed by atoms with van der Waals surface area (Å²) in [4.78, 5) is 12.5. The van der Waals surface area contributed by atoms with Gasteiger partial charge in [-0.25, -0.2) is 0 Å². The fourth-order valence-corrected chi connectivity index (χ4v) is 4.76. The van der Waals surface area contributed by atoms with Crippen LogP contribution in [-0.2, 0) is 10.0 Å². The van der Waals surface area contributed by atoms with Crippen LogP contribution >= 0.6 is 11.6 Å². The molecular weight excluding hydrogens is 410 g/mol. The number of anilines is 1. The van der Waals surface area contributed by atoms with Crippen LogP contribution in [-0.4, -0.2) is 33.1 Å². The van der Waals surface area contributed by atoms with E-state index in [0.29, 0.717) is 17.0 Å². The molecule has 1 heterocycles. The number of sulfonamides is 1. The van der Waals surface area contributed by atoms with E-state index < -0.39 is 10.0 Å². The fraction of sp³-hybridized carbons (Fsp3) is 0.333. The Hall–Kier alpha value is -2.22. The molecule has 0 atom stereocenters. The summed E-state index contributed by atoms with van der Waals surface area (Å²) in [6, 6.07) is 11.4. The molecule has 3 rings (SSSR count). The van der Waals surface area contributed by atoms with Crippen LogP contribution in [0.5, 0.6) is 0 Å². The van der Waals surface area contributed by atoms with Crippen molar-refractivity contribution < 1.29 is 13.2 Å². The number of halogens is 1. The van der Waals surface area contributed by atoms with Crippen molar-refractivity contribution in [2.75, 3.05) is 18.4 Å². The van der Waals surface area contributed by atoms with Gasteiger partial charge in [0.2, 0.25) is 0 Å². The second-order valence-corrected chi connectivity index (χ2v) is 9.15. The minimum absolute atomic E-state index is 0.00433. The summed E-state index contributed by atoms with van der Waals surface area (Å²) in [5, 5.41) is 6.12. The van der Waals surface area contributed by atoms with Crippen molar-refractivity contribution in [3.05, 3.63) is 58.6 Å². The molecule has 0 aliphatic carbocycles. The number of hydrogen-bond acceptors (Lipinski definition) is 4. The minimum Gasteiger partial charge on any atom is -0.321 e. The van der Waals surface area contributed by atoms with E-state index in [2.05, 4.69) is 15.0 Å². The van der Waals surface area contributed by atoms with Crippen LogP contribution in [0.15, 0.2) is 51.8 Å². The van der Waals surface area contributed by atoms with E-state index in [1.54, 1.807) is 19.1 Å². The third-order valence-electron chi connectivity index (χ3n) is 5.07. The molecule has 29 heavy (non-hydrogen) atoms. The first-order chi connectivity index (χ1) is 13.8. The molecular formula is C21H24ClN3O3S. The minimum atomic E-state index is -3.87. The fourth-order valence-electron chi connectivity index (χ4n) is 3.33. The smallest absolute Gasteiger partial charge is 0.282 e. The summed E-state index contributed by atoms with van der Waals surface area (Å²) in [5.74, 6) is -0.144. The first kappa shape index (κ1) is 21.5. The Balaban J connectivity index is 1.79. The number of carbonyl (C=O) groups excluding carboxylic acids is 1. The molecule has 0 saturated carbocycles. The van der Waals surface area contributed by atoms with Crippen molar-refractivity contribution >= 4 is 38.9 Å². The van der Waals surface area contributed by atoms with Gasteiger partial charge in [-0.3, -0.25) is 4.79 Å². The Morgan fingerprint density at radius 3 is 2.52 bits per heavy atom. The van der Waals surface area contributed by atoms with Crippen molar-refractivity contribution in [1.82, 2.24) is 5.32 Å². The van der Waals surface area contributed by atoms with Crippen LogP contribution in [0.3, 0.4) is 0 Å². The average Bonchev–Trinajstić information content (AvgIpc) is 2.70. The highest BCUT2D eigenvalue weighted by atomic mass is 35.5. The molecule has 1 saturated heterocycles. The molecule has 1 amide bonds. The van der Waals surface area contributed by atoms with Gasteiger partial charge in [-0.2, -0.15) is 12.8 Å². The molecule has 6 nitrogen and oxygen atoms in total. The molecule has 1 fully saturated rings. The Kier molecular flexibility index (Phi) is 6.72. The highest BCUT2D eigenvalue weighted by molar-refractivity contribution is 7.90. The van der Waals surface area contributed by atoms with E-state index in [1.807, 2.05) is 19.1 Å². The Labute approximate surface area is 176 Å². The highest BCUT2D eigenvalue weighted by Crippen LogP contribution is 2.27. The molecule has 2 aromatic rings. The maximum atomic E-state index is 12.7. The van der Waals surface area contributed by atoms with Crippen molar-refractivity contribution in [1.29, 1.82) is 0 Å². The number of amides is 1. The average molecular weight is 434 g/mol. The number of benzene rings is 2. The monoisotopic (exact) mass is 433 g/mol. The summed E-state index contributed by atoms with van der Waals surface area (Å²) >= 11 is 6.26. The van der Waals surface area contributed by atoms with Gasteiger partial charge in [-0.1, -0.05) is 29.8 Å². The largest absolute Gasteiger partial charge is 0.321 e. The molecule has 2 aromatic carbocycles. The normalized spacial score (nSPS) is 15.9. The van der Waals surface area contributed by atoms with Gasteiger partial charge in [0.1, 0.15) is 0 Å². The Morgan fingerprint density at radius 2 is 1.86 bits per heavy atom. The standard InChI is InChI=1S/C21H24ClN3O3S/c1-14-5-3-4-6-18(14)21(26)24-20-8-7-17(13-19(20)22)29(27,28)25-15(2)16-9-11-23-12-10-16/h3-8,13,16,23H,9-12H2,1-2H3,(H,24,26)/b25-15-. The molecule has 0 radical (unpaired) electrons. The zero-order valence-corrected chi connectivity index (χ0v) is 18.0. The van der Waals surface area contributed by atoms with Crippen LogP contribution in [0.2, 0.25) is 5.02 Å². The van der Waals surface area contributed by atoms with Crippen molar-refractivity contribution in [2.45, 2.75) is 31.6 Å². The Morgan fingerprint density at radius 1 is 1.17 bits per heavy atom. The van der Waals surface area contributed by atoms with E-state index in [9.17, 15) is 13.2 Å². The van der Waals surface area contributed by atoms with Gasteiger partial charge < -0.3 is 10.6 Å². The topological polar surface area (TPSA) is 87.6 Å². The number of rotatable bonds is 5. The lowest BCUT2D eigenvalue weighted by Crippen LogP contribution is -2.31. The van der Waals surface area contributed by atoms with E-state index in [-0.39, 0.29) is 21.7 Å². The molecule has 8 heteroatoms. The van der Waals surface area contributed by atoms with Gasteiger partial charge in [0.05, 0.1) is 15.6 Å². The van der Waals surface area contributed by atoms with Crippen LogP contribution < -0.4 is 10.6 Å². The molecule has 0 unspecified atom stereocenters. The number of aryl methyl sites for hydroxylation is 1. The predicted molar refractivity (Wildman–Crippen MR) is 116 cm³/mol. The van der Waals surface area contributed by atoms with E-state index in [1.165, 1.54) is 18.2 Å². The zero-order valence-electron chi connectivity index (χ0n) is 16.4. The third kappa shape index (κ3) is 5.23. The van der Waals surface area contributed by atoms with E-state index in [0.717, 1.165) is 31.5 Å². The molecule has 1 aliphatic heterocycles. The number of carbonyl (C=O) groups is 1. The molecule has 2 N–H and O–H groups in total. The number of nitrogens with one attached hydrogen (secondary N) is 2. The second-order valence-electron chi connectivity index (χ2n) is 7.14. The van der Waals surface area contributed by atoms with Gasteiger partial charge in [0, 0.05) is 17.2 Å². The Bertz CT molecular complexity index is 1040. The van der Waals surface area contributed by atoms with Crippen molar-refractivity contribution in [2.24, 2.45) is 10.3 Å². The first-order valence-electron chi connectivity index (χ1n) is 9.46. The summed E-state index contributed by atoms with van der Waals surface area (Å²) in [6.07, 6.45) is 1.74. The first-order valence-corrected chi connectivity index (χ1v) is 11.3. The second kappa shape index (κ2) is 9.07. The number of piperidine rings is 1. The number of hydrogen-bond donors (Lipinski definition) is 2. The van der Waals surface area contributed by atoms with Gasteiger partial charge >= 0.3 is 0 Å². The molecule has 1 aliphatic rings. The van der Waals surface area contributed by atoms with Gasteiger partial charge in [-0.15, -0.1) is 0 Å². The summed E-state index contributed by atoms with van der Waals surface area (Å²) in [7, 11) is -3.87. The summed E-state index contributed by atoms with van der Waals surface area (Å²) in [5.41, 5.74) is 2.32. The van der Waals surface area contributed by atoms with E-state index in [4.69, 9.17) is 11.6 Å². The summed E-state index contributed by atoms with van der Waals surface area (Å²) in [6.45, 7) is 5.32. The van der Waals surface area contributed by atoms with Crippen LogP contribution in [0.4, 0.5) is 5.69 Å². The molecule has 0 bridgehead atoms. The maximum Gasteiger partial charge on any atom is 0.282 e. The van der Waals surface area contributed by atoms with Crippen LogP contribution in [0.1, 0.15) is 35.7 Å². The lowest BCUT2D eigenvalue weighted by atomic mass is 9.94. The lowest BCUT2D eigenvalue weighted by molar-refractivity contribution is 0.102. The third-order valence-corrected chi connectivity index (χ3v) is 6.76. The maximum absolute atomic E-state index is 12.7. The quantitative estimate of drug-likeness (QED) is 0.696. The van der Waals surface area contributed by atoms with Crippen LogP contribution in [0, 0.1) is 12.8 Å². The SMILES string of the molecule is C/C(=N/S(=O)(=O)c1ccc(NC(=O)c2ccccc2C)c(Cl)c1)C1CCNCC1. The van der Waals surface area contributed by atoms with Gasteiger partial charge in [-0.05, 0) is 69.6 Å². The zero-order chi connectivity index (χ0) is 21.0. The van der Waals surface area contributed by atoms with E-state index >= 15 is 0 Å². The molecule has 154 valence electrons. The summed E-state index contributed by atoms with van der Waals surface area (Å²) < 4.78 is 29.4. The van der Waals surface area contributed by atoms with Gasteiger partial charge in [0.25, 0.3) is 15.9 Å². The van der Waals surface area contributed by atoms with Gasteiger partial charge in [0.15, 0.2) is 0 Å². The molecule has 0 spiro atoms. The van der Waals surface area contributed by atoms with Crippen molar-refractivity contribution in [3.63, 3.8) is 0 Å². The lowest BCUT2D eigenvalue weighted by Gasteiger charge is -2.22. The number of nitrogens with zero attached hydrogens (tertiary/aromatic N) is 1. The molecule has 0 aromatic heterocycles. The van der Waals surface area contributed by atoms with Crippen molar-refractivity contribution in [3.8, 4) is 0 Å².